The molecule has 0 fully saturated rings. The van der Waals surface area contributed by atoms with Crippen LogP contribution in [0.2, 0.25) is 0 Å². The number of carbonyl (C=O) groups is 2. The maximum atomic E-state index is 13.4. The SMILES string of the molecule is Cc1ccc(S(=O)(=O)Nc2ccccc2N2C(=O)c3cccc4cccc(c34)C2=O)cc1. The van der Waals surface area contributed by atoms with Crippen molar-refractivity contribution in [3.63, 3.8) is 0 Å². The number of nitrogens with one attached hydrogen (secondary N) is 1. The molecule has 0 atom stereocenters. The molecule has 2 amide bonds. The van der Waals surface area contributed by atoms with Crippen LogP contribution in [0.1, 0.15) is 26.3 Å². The highest BCUT2D eigenvalue weighted by Crippen LogP contribution is 2.36. The number of sulfonamides is 1. The van der Waals surface area contributed by atoms with E-state index in [4.69, 9.17) is 0 Å². The van der Waals surface area contributed by atoms with Crippen molar-refractivity contribution in [2.75, 3.05) is 9.62 Å². The van der Waals surface area contributed by atoms with Crippen molar-refractivity contribution in [2.45, 2.75) is 11.8 Å². The number of amides is 2. The van der Waals surface area contributed by atoms with E-state index in [1.54, 1.807) is 54.6 Å². The molecule has 0 spiro atoms. The lowest BCUT2D eigenvalue weighted by molar-refractivity contribution is 0.0893. The molecule has 0 aliphatic carbocycles. The van der Waals surface area contributed by atoms with Crippen molar-refractivity contribution >= 4 is 44.0 Å². The second kappa shape index (κ2) is 7.32. The monoisotopic (exact) mass is 442 g/mol. The van der Waals surface area contributed by atoms with E-state index in [0.717, 1.165) is 15.8 Å². The van der Waals surface area contributed by atoms with Gasteiger partial charge in [-0.25, -0.2) is 13.3 Å². The van der Waals surface area contributed by atoms with Gasteiger partial charge in [-0.3, -0.25) is 14.3 Å². The van der Waals surface area contributed by atoms with E-state index in [9.17, 15) is 18.0 Å². The predicted octanol–water partition coefficient (Wildman–Crippen LogP) is 4.75. The highest BCUT2D eigenvalue weighted by molar-refractivity contribution is 7.92. The Kier molecular flexibility index (Phi) is 4.56. The summed E-state index contributed by atoms with van der Waals surface area (Å²) in [6.07, 6.45) is 0. The molecule has 5 rings (SSSR count). The standard InChI is InChI=1S/C25H18N2O4S/c1-16-12-14-18(15-13-16)32(30,31)26-21-10-2-3-11-22(21)27-24(28)19-8-4-6-17-7-5-9-20(23(17)19)25(27)29/h2-15,26H,1H3. The maximum absolute atomic E-state index is 13.4. The van der Waals surface area contributed by atoms with Crippen LogP contribution in [-0.4, -0.2) is 20.2 Å². The summed E-state index contributed by atoms with van der Waals surface area (Å²) in [7, 11) is -3.93. The lowest BCUT2D eigenvalue weighted by Gasteiger charge is -2.28. The molecule has 1 heterocycles. The number of hydrogen-bond acceptors (Lipinski definition) is 4. The van der Waals surface area contributed by atoms with Crippen molar-refractivity contribution in [2.24, 2.45) is 0 Å². The van der Waals surface area contributed by atoms with Crippen LogP contribution >= 0.6 is 0 Å². The molecule has 0 unspecified atom stereocenters. The van der Waals surface area contributed by atoms with E-state index in [1.165, 1.54) is 18.2 Å². The molecule has 1 N–H and O–H groups in total. The van der Waals surface area contributed by atoms with Crippen LogP contribution in [0, 0.1) is 6.92 Å². The summed E-state index contributed by atoms with van der Waals surface area (Å²) < 4.78 is 28.5. The molecule has 32 heavy (non-hydrogen) atoms. The first kappa shape index (κ1) is 20.0. The van der Waals surface area contributed by atoms with E-state index in [0.29, 0.717) is 16.5 Å². The second-order valence-corrected chi connectivity index (χ2v) is 9.27. The fourth-order valence-corrected chi connectivity index (χ4v) is 5.00. The summed E-state index contributed by atoms with van der Waals surface area (Å²) in [6, 6.07) is 23.4. The Morgan fingerprint density at radius 3 is 1.94 bits per heavy atom. The third-order valence-corrected chi connectivity index (χ3v) is 6.87. The van der Waals surface area contributed by atoms with Gasteiger partial charge in [0.25, 0.3) is 21.8 Å². The number of rotatable bonds is 4. The number of nitrogens with zero attached hydrogens (tertiary/aromatic N) is 1. The Hall–Kier alpha value is -3.97. The van der Waals surface area contributed by atoms with Crippen LogP contribution in [-0.2, 0) is 10.0 Å². The van der Waals surface area contributed by atoms with Gasteiger partial charge in [-0.2, -0.15) is 0 Å². The fraction of sp³-hybridized carbons (Fsp3) is 0.0400. The predicted molar refractivity (Wildman–Crippen MR) is 124 cm³/mol. The van der Waals surface area contributed by atoms with Gasteiger partial charge in [0.05, 0.1) is 16.3 Å². The minimum absolute atomic E-state index is 0.0873. The van der Waals surface area contributed by atoms with E-state index in [-0.39, 0.29) is 16.3 Å². The Labute approximate surface area is 185 Å². The van der Waals surface area contributed by atoms with Gasteiger partial charge in [0.2, 0.25) is 0 Å². The van der Waals surface area contributed by atoms with Crippen LogP contribution in [0.25, 0.3) is 10.8 Å². The van der Waals surface area contributed by atoms with Crippen molar-refractivity contribution < 1.29 is 18.0 Å². The molecule has 0 saturated heterocycles. The minimum Gasteiger partial charge on any atom is -0.277 e. The molecular weight excluding hydrogens is 424 g/mol. The first-order valence-corrected chi connectivity index (χ1v) is 11.4. The van der Waals surface area contributed by atoms with Gasteiger partial charge in [-0.15, -0.1) is 0 Å². The minimum atomic E-state index is -3.93. The van der Waals surface area contributed by atoms with E-state index in [2.05, 4.69) is 4.72 Å². The van der Waals surface area contributed by atoms with Crippen LogP contribution in [0.15, 0.2) is 89.8 Å². The van der Waals surface area contributed by atoms with Crippen molar-refractivity contribution in [1.82, 2.24) is 0 Å². The van der Waals surface area contributed by atoms with Gasteiger partial charge >= 0.3 is 0 Å². The average molecular weight is 442 g/mol. The number of benzene rings is 4. The summed E-state index contributed by atoms with van der Waals surface area (Å²) in [5.74, 6) is -0.998. The van der Waals surface area contributed by atoms with E-state index >= 15 is 0 Å². The summed E-state index contributed by atoms with van der Waals surface area (Å²) >= 11 is 0. The molecule has 1 aliphatic rings. The summed E-state index contributed by atoms with van der Waals surface area (Å²) in [5, 5.41) is 1.41. The van der Waals surface area contributed by atoms with Gasteiger partial charge in [-0.05, 0) is 48.7 Å². The third kappa shape index (κ3) is 3.14. The second-order valence-electron chi connectivity index (χ2n) is 7.59. The van der Waals surface area contributed by atoms with E-state index < -0.39 is 21.8 Å². The zero-order valence-electron chi connectivity index (χ0n) is 17.1. The topological polar surface area (TPSA) is 83.6 Å². The number of hydrogen-bond donors (Lipinski definition) is 1. The lowest BCUT2D eigenvalue weighted by atomic mass is 9.93. The van der Waals surface area contributed by atoms with Crippen molar-refractivity contribution in [1.29, 1.82) is 0 Å². The maximum Gasteiger partial charge on any atom is 0.266 e. The van der Waals surface area contributed by atoms with Crippen molar-refractivity contribution in [3.8, 4) is 0 Å². The van der Waals surface area contributed by atoms with Crippen LogP contribution in [0.5, 0.6) is 0 Å². The summed E-state index contributed by atoms with van der Waals surface area (Å²) in [4.78, 5) is 27.9. The van der Waals surface area contributed by atoms with Gasteiger partial charge in [0.1, 0.15) is 0 Å². The van der Waals surface area contributed by atoms with Gasteiger partial charge in [0, 0.05) is 16.5 Å². The summed E-state index contributed by atoms with van der Waals surface area (Å²) in [6.45, 7) is 1.87. The number of carbonyl (C=O) groups excluding carboxylic acids is 2. The van der Waals surface area contributed by atoms with Crippen LogP contribution < -0.4 is 9.62 Å². The molecular formula is C25H18N2O4S. The molecule has 0 aromatic heterocycles. The fourth-order valence-electron chi connectivity index (χ4n) is 3.93. The van der Waals surface area contributed by atoms with Crippen molar-refractivity contribution in [3.05, 3.63) is 102 Å². The normalized spacial score (nSPS) is 13.5. The van der Waals surface area contributed by atoms with Crippen LogP contribution in [0.3, 0.4) is 0 Å². The molecule has 0 radical (unpaired) electrons. The molecule has 0 bridgehead atoms. The number of imide groups is 1. The zero-order valence-corrected chi connectivity index (χ0v) is 17.9. The Morgan fingerprint density at radius 2 is 1.31 bits per heavy atom. The number of anilines is 2. The first-order valence-electron chi connectivity index (χ1n) is 9.96. The summed E-state index contributed by atoms with van der Waals surface area (Å²) in [5.41, 5.74) is 2.04. The largest absolute Gasteiger partial charge is 0.277 e. The average Bonchev–Trinajstić information content (AvgIpc) is 2.78. The first-order chi connectivity index (χ1) is 15.4. The Morgan fingerprint density at radius 1 is 0.719 bits per heavy atom. The molecule has 6 nitrogen and oxygen atoms in total. The highest BCUT2D eigenvalue weighted by atomic mass is 32.2. The Bertz CT molecular complexity index is 1460. The van der Waals surface area contributed by atoms with Gasteiger partial charge in [0.15, 0.2) is 0 Å². The smallest absolute Gasteiger partial charge is 0.266 e. The number of para-hydroxylation sites is 2. The van der Waals surface area contributed by atoms with Gasteiger partial charge in [-0.1, -0.05) is 54.1 Å². The molecule has 7 heteroatoms. The molecule has 4 aromatic rings. The number of aryl methyl sites for hydroxylation is 1. The molecule has 158 valence electrons. The third-order valence-electron chi connectivity index (χ3n) is 5.49. The molecule has 4 aromatic carbocycles. The molecule has 1 aliphatic heterocycles. The molecule has 0 saturated carbocycles. The zero-order chi connectivity index (χ0) is 22.5. The quantitative estimate of drug-likeness (QED) is 0.462. The lowest BCUT2D eigenvalue weighted by Crippen LogP contribution is -2.41. The highest BCUT2D eigenvalue weighted by Gasteiger charge is 2.35. The van der Waals surface area contributed by atoms with Crippen LogP contribution in [0.4, 0.5) is 11.4 Å². The van der Waals surface area contributed by atoms with Gasteiger partial charge < -0.3 is 0 Å². The van der Waals surface area contributed by atoms with E-state index in [1.807, 2.05) is 19.1 Å². The Balaban J connectivity index is 1.61.